The van der Waals surface area contributed by atoms with Crippen LogP contribution in [0.3, 0.4) is 0 Å². The number of amides is 1. The second-order valence-corrected chi connectivity index (χ2v) is 6.31. The van der Waals surface area contributed by atoms with Gasteiger partial charge in [-0.2, -0.15) is 0 Å². The van der Waals surface area contributed by atoms with Gasteiger partial charge in [0.1, 0.15) is 0 Å². The average molecular weight is 356 g/mol. The van der Waals surface area contributed by atoms with E-state index in [4.69, 9.17) is 0 Å². The van der Waals surface area contributed by atoms with Gasteiger partial charge in [-0.05, 0) is 36.1 Å². The molecule has 0 aromatic heterocycles. The first-order valence-electron chi connectivity index (χ1n) is 7.54. The van der Waals surface area contributed by atoms with Crippen molar-refractivity contribution >= 4 is 27.9 Å². The molecule has 1 atom stereocenters. The van der Waals surface area contributed by atoms with Crippen molar-refractivity contribution in [2.24, 2.45) is 0 Å². The highest BCUT2D eigenvalue weighted by atomic mass is 79.9. The Kier molecular flexibility index (Phi) is 4.74. The molecule has 0 bridgehead atoms. The summed E-state index contributed by atoms with van der Waals surface area (Å²) in [6.07, 6.45) is 5.67. The van der Waals surface area contributed by atoms with Gasteiger partial charge >= 0.3 is 0 Å². The first kappa shape index (κ1) is 15.0. The zero-order chi connectivity index (χ0) is 15.4. The molecular formula is C19H18BrNO. The van der Waals surface area contributed by atoms with Gasteiger partial charge in [0.2, 0.25) is 5.91 Å². The number of hydrogen-bond donors (Lipinski definition) is 0. The Labute approximate surface area is 139 Å². The summed E-state index contributed by atoms with van der Waals surface area (Å²) in [5.41, 5.74) is 2.24. The average Bonchev–Trinajstić information content (AvgIpc) is 3.04. The first-order chi connectivity index (χ1) is 10.8. The second-order valence-electron chi connectivity index (χ2n) is 5.46. The molecule has 1 heterocycles. The van der Waals surface area contributed by atoms with E-state index >= 15 is 0 Å². The SMILES string of the molecule is O=C(/C=C/c1ccccc1Br)N1CCCC1c1ccccc1. The molecule has 3 heteroatoms. The Hall–Kier alpha value is -1.87. The highest BCUT2D eigenvalue weighted by Crippen LogP contribution is 2.32. The van der Waals surface area contributed by atoms with Crippen LogP contribution in [0.1, 0.15) is 30.0 Å². The molecule has 2 nitrogen and oxygen atoms in total. The lowest BCUT2D eigenvalue weighted by Crippen LogP contribution is -2.28. The lowest BCUT2D eigenvalue weighted by atomic mass is 10.0. The summed E-state index contributed by atoms with van der Waals surface area (Å²) >= 11 is 3.50. The van der Waals surface area contributed by atoms with Crippen molar-refractivity contribution in [3.8, 4) is 0 Å². The molecule has 22 heavy (non-hydrogen) atoms. The van der Waals surface area contributed by atoms with Crippen LogP contribution < -0.4 is 0 Å². The molecule has 1 saturated heterocycles. The zero-order valence-corrected chi connectivity index (χ0v) is 13.9. The van der Waals surface area contributed by atoms with E-state index in [0.717, 1.165) is 29.4 Å². The quantitative estimate of drug-likeness (QED) is 0.722. The summed E-state index contributed by atoms with van der Waals surface area (Å²) in [6.45, 7) is 0.832. The fourth-order valence-corrected chi connectivity index (χ4v) is 3.34. The summed E-state index contributed by atoms with van der Waals surface area (Å²) in [5.74, 6) is 0.0853. The van der Waals surface area contributed by atoms with E-state index in [1.165, 1.54) is 5.56 Å². The molecule has 0 N–H and O–H groups in total. The molecule has 1 fully saturated rings. The van der Waals surface area contributed by atoms with E-state index in [9.17, 15) is 4.79 Å². The van der Waals surface area contributed by atoms with Crippen molar-refractivity contribution in [3.63, 3.8) is 0 Å². The van der Waals surface area contributed by atoms with E-state index < -0.39 is 0 Å². The highest BCUT2D eigenvalue weighted by molar-refractivity contribution is 9.10. The molecule has 0 spiro atoms. The van der Waals surface area contributed by atoms with Crippen molar-refractivity contribution in [3.05, 3.63) is 76.3 Å². The molecule has 2 aromatic carbocycles. The molecule has 1 aliphatic rings. The summed E-state index contributed by atoms with van der Waals surface area (Å²) in [7, 11) is 0. The predicted molar refractivity (Wildman–Crippen MR) is 93.3 cm³/mol. The van der Waals surface area contributed by atoms with Crippen LogP contribution in [0.4, 0.5) is 0 Å². The Morgan fingerprint density at radius 2 is 1.82 bits per heavy atom. The Balaban J connectivity index is 1.76. The summed E-state index contributed by atoms with van der Waals surface area (Å²) in [6, 6.07) is 18.4. The summed E-state index contributed by atoms with van der Waals surface area (Å²) < 4.78 is 1.00. The summed E-state index contributed by atoms with van der Waals surface area (Å²) in [5, 5.41) is 0. The van der Waals surface area contributed by atoms with Crippen LogP contribution in [0.15, 0.2) is 65.1 Å². The van der Waals surface area contributed by atoms with Gasteiger partial charge in [0, 0.05) is 17.1 Å². The standard InChI is InChI=1S/C19H18BrNO/c20-17-10-5-4-7-15(17)12-13-19(22)21-14-6-11-18(21)16-8-2-1-3-9-16/h1-5,7-10,12-13,18H,6,11,14H2/b13-12+. The lowest BCUT2D eigenvalue weighted by Gasteiger charge is -2.23. The molecule has 0 radical (unpaired) electrons. The van der Waals surface area contributed by atoms with E-state index in [-0.39, 0.29) is 11.9 Å². The maximum atomic E-state index is 12.5. The normalized spacial score (nSPS) is 18.0. The van der Waals surface area contributed by atoms with Gasteiger partial charge < -0.3 is 4.90 Å². The van der Waals surface area contributed by atoms with Crippen LogP contribution in [0.2, 0.25) is 0 Å². The van der Waals surface area contributed by atoms with Crippen molar-refractivity contribution in [2.45, 2.75) is 18.9 Å². The van der Waals surface area contributed by atoms with E-state index in [0.29, 0.717) is 0 Å². The number of hydrogen-bond acceptors (Lipinski definition) is 1. The van der Waals surface area contributed by atoms with Crippen LogP contribution in [0.25, 0.3) is 6.08 Å². The Morgan fingerprint density at radius 1 is 1.09 bits per heavy atom. The van der Waals surface area contributed by atoms with Gasteiger partial charge in [-0.25, -0.2) is 0 Å². The zero-order valence-electron chi connectivity index (χ0n) is 12.3. The third-order valence-corrected chi connectivity index (χ3v) is 4.75. The fourth-order valence-electron chi connectivity index (χ4n) is 2.92. The number of halogens is 1. The van der Waals surface area contributed by atoms with Crippen molar-refractivity contribution in [2.75, 3.05) is 6.54 Å². The molecule has 1 unspecified atom stereocenters. The number of carbonyl (C=O) groups is 1. The smallest absolute Gasteiger partial charge is 0.247 e. The first-order valence-corrected chi connectivity index (χ1v) is 8.33. The topological polar surface area (TPSA) is 20.3 Å². The largest absolute Gasteiger partial charge is 0.332 e. The molecule has 112 valence electrons. The van der Waals surface area contributed by atoms with Gasteiger partial charge in [-0.3, -0.25) is 4.79 Å². The van der Waals surface area contributed by atoms with Crippen molar-refractivity contribution < 1.29 is 4.79 Å². The molecule has 0 saturated carbocycles. The van der Waals surface area contributed by atoms with E-state index in [1.807, 2.05) is 53.4 Å². The molecule has 2 aromatic rings. The van der Waals surface area contributed by atoms with Gasteiger partial charge in [-0.1, -0.05) is 64.5 Å². The van der Waals surface area contributed by atoms with E-state index in [2.05, 4.69) is 28.1 Å². The monoisotopic (exact) mass is 355 g/mol. The predicted octanol–water partition coefficient (Wildman–Crippen LogP) is 4.83. The molecule has 1 aliphatic heterocycles. The van der Waals surface area contributed by atoms with Crippen molar-refractivity contribution in [1.82, 2.24) is 4.90 Å². The van der Waals surface area contributed by atoms with Crippen LogP contribution in [-0.4, -0.2) is 17.4 Å². The van der Waals surface area contributed by atoms with Crippen molar-refractivity contribution in [1.29, 1.82) is 0 Å². The number of rotatable bonds is 3. The van der Waals surface area contributed by atoms with Crippen LogP contribution in [0.5, 0.6) is 0 Å². The van der Waals surface area contributed by atoms with Gasteiger partial charge in [0.25, 0.3) is 0 Å². The number of likely N-dealkylation sites (tertiary alicyclic amines) is 1. The maximum Gasteiger partial charge on any atom is 0.247 e. The van der Waals surface area contributed by atoms with Gasteiger partial charge in [0.05, 0.1) is 6.04 Å². The molecular weight excluding hydrogens is 338 g/mol. The molecule has 3 rings (SSSR count). The van der Waals surface area contributed by atoms with Gasteiger partial charge in [-0.15, -0.1) is 0 Å². The third-order valence-electron chi connectivity index (χ3n) is 4.03. The Bertz CT molecular complexity index is 681. The lowest BCUT2D eigenvalue weighted by molar-refractivity contribution is -0.126. The van der Waals surface area contributed by atoms with Crippen LogP contribution >= 0.6 is 15.9 Å². The number of carbonyl (C=O) groups excluding carboxylic acids is 1. The molecule has 1 amide bonds. The number of nitrogens with zero attached hydrogens (tertiary/aromatic N) is 1. The Morgan fingerprint density at radius 3 is 2.59 bits per heavy atom. The number of benzene rings is 2. The van der Waals surface area contributed by atoms with E-state index in [1.54, 1.807) is 6.08 Å². The van der Waals surface area contributed by atoms with Crippen LogP contribution in [-0.2, 0) is 4.79 Å². The second kappa shape index (κ2) is 6.93. The third kappa shape index (κ3) is 3.30. The summed E-state index contributed by atoms with van der Waals surface area (Å²) in [4.78, 5) is 14.5. The van der Waals surface area contributed by atoms with Crippen LogP contribution in [0, 0.1) is 0 Å². The highest BCUT2D eigenvalue weighted by Gasteiger charge is 2.28. The molecule has 0 aliphatic carbocycles. The van der Waals surface area contributed by atoms with Gasteiger partial charge in [0.15, 0.2) is 0 Å². The fraction of sp³-hybridized carbons (Fsp3) is 0.211. The maximum absolute atomic E-state index is 12.5. The minimum atomic E-state index is 0.0853. The minimum absolute atomic E-state index is 0.0853. The minimum Gasteiger partial charge on any atom is -0.332 e.